The number of methoxy groups -OCH3 is 2. The molecule has 5 aromatic rings. The van der Waals surface area contributed by atoms with Crippen molar-refractivity contribution in [2.24, 2.45) is 11.8 Å². The van der Waals surface area contributed by atoms with E-state index < -0.39 is 71.7 Å². The molecule has 6 aliphatic rings. The van der Waals surface area contributed by atoms with Crippen molar-refractivity contribution < 1.29 is 55.7 Å². The first-order valence-corrected chi connectivity index (χ1v) is 27.2. The van der Waals surface area contributed by atoms with Gasteiger partial charge < -0.3 is 59.1 Å². The van der Waals surface area contributed by atoms with E-state index >= 15 is 17.6 Å². The Labute approximate surface area is 442 Å². The van der Waals surface area contributed by atoms with Crippen molar-refractivity contribution in [1.29, 1.82) is 0 Å². The summed E-state index contributed by atoms with van der Waals surface area (Å²) in [5.74, 6) is -2.78. The number of imidazole rings is 2. The number of nitrogens with zero attached hydrogens (tertiary/aromatic N) is 6. The van der Waals surface area contributed by atoms with Gasteiger partial charge in [0, 0.05) is 81.6 Å². The average Bonchev–Trinajstić information content (AvgIpc) is 4.37. The number of aromatic nitrogens is 4. The molecule has 3 aromatic carbocycles. The Kier molecular flexibility index (Phi) is 15.2. The van der Waals surface area contributed by atoms with Gasteiger partial charge in [-0.05, 0) is 120 Å². The molecule has 0 unspecified atom stereocenters. The summed E-state index contributed by atoms with van der Waals surface area (Å²) in [6, 6.07) is 4.06. The van der Waals surface area contributed by atoms with Crippen LogP contribution in [0.5, 0.6) is 0 Å². The second-order valence-electron chi connectivity index (χ2n) is 21.4. The second-order valence-corrected chi connectivity index (χ2v) is 21.4. The first-order valence-electron chi connectivity index (χ1n) is 27.2. The first kappa shape index (κ1) is 52.4. The summed E-state index contributed by atoms with van der Waals surface area (Å²) >= 11 is 0. The molecule has 77 heavy (non-hydrogen) atoms. The van der Waals surface area contributed by atoms with Gasteiger partial charge >= 0.3 is 12.2 Å². The van der Waals surface area contributed by atoms with Crippen molar-refractivity contribution in [3.8, 4) is 0 Å². The summed E-state index contributed by atoms with van der Waals surface area (Å²) < 4.78 is 87.9. The van der Waals surface area contributed by atoms with E-state index in [0.29, 0.717) is 138 Å². The number of benzene rings is 3. The molecule has 0 saturated carbocycles. The number of halogens is 4. The summed E-state index contributed by atoms with van der Waals surface area (Å²) in [5.41, 5.74) is 1.96. The van der Waals surface area contributed by atoms with Gasteiger partial charge in [-0.15, -0.1) is 0 Å². The number of nitrogens with one attached hydrogen (secondary N) is 4. The van der Waals surface area contributed by atoms with Gasteiger partial charge in [-0.3, -0.25) is 9.59 Å². The van der Waals surface area contributed by atoms with Crippen LogP contribution >= 0.6 is 0 Å². The second kappa shape index (κ2) is 22.4. The fourth-order valence-electron chi connectivity index (χ4n) is 13.1. The molecule has 22 heteroatoms. The van der Waals surface area contributed by atoms with Gasteiger partial charge in [-0.25, -0.2) is 37.1 Å². The quantitative estimate of drug-likeness (QED) is 0.0869. The summed E-state index contributed by atoms with van der Waals surface area (Å²) in [6.07, 6.45) is 6.47. The summed E-state index contributed by atoms with van der Waals surface area (Å²) in [6.45, 7) is 3.67. The summed E-state index contributed by atoms with van der Waals surface area (Å²) in [7, 11) is 2.50. The van der Waals surface area contributed by atoms with E-state index in [-0.39, 0.29) is 59.0 Å². The van der Waals surface area contributed by atoms with Crippen LogP contribution in [0.1, 0.15) is 130 Å². The molecule has 18 nitrogen and oxygen atoms in total. The van der Waals surface area contributed by atoms with Crippen molar-refractivity contribution in [2.45, 2.75) is 120 Å². The zero-order chi connectivity index (χ0) is 53.5. The normalized spacial score (nSPS) is 23.5. The monoisotopic (exact) mass is 1070 g/mol. The molecule has 4 N–H and O–H groups in total. The Morgan fingerprint density at radius 3 is 1.43 bits per heavy atom. The molecular weight excluding hydrogens is 1000 g/mol. The van der Waals surface area contributed by atoms with Crippen molar-refractivity contribution in [3.05, 3.63) is 82.4 Å². The number of aromatic amines is 2. The van der Waals surface area contributed by atoms with Crippen LogP contribution in [0, 0.1) is 35.1 Å². The lowest BCUT2D eigenvalue weighted by Gasteiger charge is -2.35. The van der Waals surface area contributed by atoms with Crippen molar-refractivity contribution in [1.82, 2.24) is 40.4 Å². The number of rotatable bonds is 12. The Morgan fingerprint density at radius 1 is 0.558 bits per heavy atom. The number of H-pyrrole nitrogens is 2. The lowest BCUT2D eigenvalue weighted by atomic mass is 9.90. The van der Waals surface area contributed by atoms with Crippen LogP contribution in [0.3, 0.4) is 0 Å². The third-order valence-corrected chi connectivity index (χ3v) is 16.9. The number of anilines is 2. The number of ether oxygens (including phenoxy) is 4. The average molecular weight is 1070 g/mol. The van der Waals surface area contributed by atoms with Crippen LogP contribution in [0.4, 0.5) is 38.5 Å². The zero-order valence-corrected chi connectivity index (χ0v) is 43.4. The number of hydrogen-bond donors (Lipinski definition) is 4. The maximum atomic E-state index is 17.0. The first-order chi connectivity index (χ1) is 37.4. The van der Waals surface area contributed by atoms with Gasteiger partial charge in [0.05, 0.1) is 60.5 Å². The molecular formula is C55H66F4N10O8. The molecule has 0 bridgehead atoms. The van der Waals surface area contributed by atoms with E-state index in [0.717, 1.165) is 19.3 Å². The summed E-state index contributed by atoms with van der Waals surface area (Å²) in [4.78, 5) is 76.9. The highest BCUT2D eigenvalue weighted by Crippen LogP contribution is 2.50. The van der Waals surface area contributed by atoms with E-state index in [2.05, 4.69) is 20.6 Å². The molecule has 8 heterocycles. The van der Waals surface area contributed by atoms with E-state index in [1.807, 2.05) is 0 Å². The van der Waals surface area contributed by atoms with Crippen LogP contribution in [0.15, 0.2) is 36.4 Å². The SMILES string of the molecule is COC(=O)N[C@H](C(=O)N1CCC[C@H]1c1nc2cc(F)c([C@H]3CC[C@H](c4cc5[nH]c([C@@H]6CCCN6C(=O)[C@@H](NC(=O)OC)C6CCOCC6)nc5cc4F)N3c3cc(F)c(N4CCCCC4)c(F)c3)cc2[nH]1)C1CCOCC1. The highest BCUT2D eigenvalue weighted by atomic mass is 19.1. The standard InChI is InChI=1S/C55H66F4N10O8/c1-74-54(72)64-47(30-12-20-76-21-13-30)52(70)67-18-6-8-45(67)50-60-39-26-33(35(56)28-41(39)62-50)43-10-11-44(69(43)32-24-37(58)49(38(59)25-32)66-16-4-3-5-17-66)34-27-40-42(29-36(34)57)63-51(61-40)46-9-7-19-68(46)53(71)48(65-55(73)75-2)31-14-22-77-23-15-31/h24-31,43-48H,3-23H2,1-2H3,(H,60,62)(H,61,63)(H,64,72)(H,65,73)/t43-,44-,45+,46+,47+,48+/m1/s1. The maximum absolute atomic E-state index is 17.0. The minimum absolute atomic E-state index is 0.113. The fourth-order valence-corrected chi connectivity index (χ4v) is 13.1. The third kappa shape index (κ3) is 10.3. The molecule has 0 radical (unpaired) electrons. The van der Waals surface area contributed by atoms with Crippen LogP contribution in [0.2, 0.25) is 0 Å². The number of piperidine rings is 1. The number of likely N-dealkylation sites (tertiary alicyclic amines) is 2. The van der Waals surface area contributed by atoms with Gasteiger partial charge in [0.1, 0.15) is 41.1 Å². The van der Waals surface area contributed by atoms with Gasteiger partial charge in [-0.1, -0.05) is 0 Å². The number of amides is 4. The Balaban J connectivity index is 0.921. The maximum Gasteiger partial charge on any atom is 0.407 e. The molecule has 6 saturated heterocycles. The largest absolute Gasteiger partial charge is 0.453 e. The number of fused-ring (bicyclic) bond motifs is 2. The number of hydrogen-bond acceptors (Lipinski definition) is 12. The highest BCUT2D eigenvalue weighted by Gasteiger charge is 2.44. The van der Waals surface area contributed by atoms with Crippen LogP contribution in [-0.2, 0) is 28.5 Å². The van der Waals surface area contributed by atoms with E-state index in [4.69, 9.17) is 28.9 Å². The Hall–Kier alpha value is -6.68. The van der Waals surface area contributed by atoms with Crippen molar-refractivity contribution in [3.63, 3.8) is 0 Å². The smallest absolute Gasteiger partial charge is 0.407 e. The predicted molar refractivity (Wildman–Crippen MR) is 275 cm³/mol. The number of alkyl carbamates (subject to hydrolysis) is 2. The third-order valence-electron chi connectivity index (χ3n) is 16.9. The van der Waals surface area contributed by atoms with E-state index in [9.17, 15) is 19.2 Å². The molecule has 6 atom stereocenters. The molecule has 0 aliphatic carbocycles. The molecule has 4 amide bonds. The summed E-state index contributed by atoms with van der Waals surface area (Å²) in [5, 5.41) is 5.53. The minimum Gasteiger partial charge on any atom is -0.453 e. The Morgan fingerprint density at radius 2 is 1.00 bits per heavy atom. The van der Waals surface area contributed by atoms with Gasteiger partial charge in [0.2, 0.25) is 11.8 Å². The van der Waals surface area contributed by atoms with Crippen LogP contribution in [-0.4, -0.2) is 133 Å². The van der Waals surface area contributed by atoms with Gasteiger partial charge in [0.15, 0.2) is 11.6 Å². The highest BCUT2D eigenvalue weighted by molar-refractivity contribution is 5.88. The van der Waals surface area contributed by atoms with E-state index in [1.165, 1.54) is 38.5 Å². The lowest BCUT2D eigenvalue weighted by molar-refractivity contribution is -0.137. The molecule has 412 valence electrons. The topological polar surface area (TPSA) is 200 Å². The molecule has 0 spiro atoms. The predicted octanol–water partition coefficient (Wildman–Crippen LogP) is 8.70. The molecule has 2 aromatic heterocycles. The molecule has 6 aliphatic heterocycles. The van der Waals surface area contributed by atoms with Crippen LogP contribution < -0.4 is 20.4 Å². The minimum atomic E-state index is -0.849. The molecule has 11 rings (SSSR count). The number of carbonyl (C=O) groups is 4. The van der Waals surface area contributed by atoms with E-state index in [1.54, 1.807) is 31.7 Å². The van der Waals surface area contributed by atoms with Crippen LogP contribution in [0.25, 0.3) is 22.1 Å². The van der Waals surface area contributed by atoms with Gasteiger partial charge in [-0.2, -0.15) is 0 Å². The van der Waals surface area contributed by atoms with Crippen molar-refractivity contribution >= 4 is 57.4 Å². The Bertz CT molecular complexity index is 2830. The van der Waals surface area contributed by atoms with Gasteiger partial charge in [0.25, 0.3) is 0 Å². The van der Waals surface area contributed by atoms with Crippen molar-refractivity contribution in [2.75, 3.05) is 76.6 Å². The fraction of sp³-hybridized carbons (Fsp3) is 0.564. The lowest BCUT2D eigenvalue weighted by Crippen LogP contribution is -2.53. The zero-order valence-electron chi connectivity index (χ0n) is 43.4. The molecule has 6 fully saturated rings. The number of carbonyl (C=O) groups excluding carboxylic acids is 4.